The van der Waals surface area contributed by atoms with Crippen molar-refractivity contribution < 1.29 is 13.2 Å². The van der Waals surface area contributed by atoms with Crippen LogP contribution in [0.4, 0.5) is 0 Å². The molecule has 1 fully saturated rings. The molecule has 0 bridgehead atoms. The van der Waals surface area contributed by atoms with E-state index in [9.17, 15) is 13.2 Å². The second-order valence-electron chi connectivity index (χ2n) is 7.65. The third kappa shape index (κ3) is 5.55. The van der Waals surface area contributed by atoms with Crippen LogP contribution in [0.1, 0.15) is 28.7 Å². The SMILES string of the molecule is Cn1c(CC2CCS(=O)(=O)C2)nnc1SCC(=O)NC(c1ccccc1)c1cccs1. The zero-order valence-corrected chi connectivity index (χ0v) is 19.5. The fraction of sp³-hybridized carbons (Fsp3) is 0.381. The van der Waals surface area contributed by atoms with Crippen molar-refractivity contribution >= 4 is 38.8 Å². The number of hydrogen-bond donors (Lipinski definition) is 1. The van der Waals surface area contributed by atoms with Crippen molar-refractivity contribution in [2.75, 3.05) is 17.3 Å². The average Bonchev–Trinajstić information content (AvgIpc) is 3.48. The van der Waals surface area contributed by atoms with Gasteiger partial charge in [-0.15, -0.1) is 21.5 Å². The van der Waals surface area contributed by atoms with Crippen molar-refractivity contribution in [2.45, 2.75) is 24.0 Å². The number of thiophene rings is 1. The largest absolute Gasteiger partial charge is 0.344 e. The summed E-state index contributed by atoms with van der Waals surface area (Å²) in [5.74, 6) is 1.45. The molecule has 0 saturated carbocycles. The highest BCUT2D eigenvalue weighted by molar-refractivity contribution is 7.99. The summed E-state index contributed by atoms with van der Waals surface area (Å²) >= 11 is 2.94. The molecule has 1 amide bonds. The van der Waals surface area contributed by atoms with E-state index in [0.717, 1.165) is 16.3 Å². The molecule has 10 heteroatoms. The van der Waals surface area contributed by atoms with E-state index in [0.29, 0.717) is 18.0 Å². The lowest BCUT2D eigenvalue weighted by Gasteiger charge is -2.18. The molecule has 2 atom stereocenters. The van der Waals surface area contributed by atoms with Gasteiger partial charge in [0.2, 0.25) is 5.91 Å². The van der Waals surface area contributed by atoms with Gasteiger partial charge in [-0.3, -0.25) is 4.79 Å². The van der Waals surface area contributed by atoms with Gasteiger partial charge < -0.3 is 9.88 Å². The van der Waals surface area contributed by atoms with E-state index in [-0.39, 0.29) is 35.1 Å². The smallest absolute Gasteiger partial charge is 0.231 e. The Morgan fingerprint density at radius 3 is 2.74 bits per heavy atom. The summed E-state index contributed by atoms with van der Waals surface area (Å²) in [6.07, 6.45) is 1.26. The van der Waals surface area contributed by atoms with Gasteiger partial charge in [0.05, 0.1) is 23.3 Å². The number of rotatable bonds is 8. The van der Waals surface area contributed by atoms with Gasteiger partial charge >= 0.3 is 0 Å². The average molecular weight is 477 g/mol. The lowest BCUT2D eigenvalue weighted by atomic mass is 10.1. The number of aromatic nitrogens is 3. The number of nitrogens with zero attached hydrogens (tertiary/aromatic N) is 3. The number of sulfone groups is 1. The second kappa shape index (κ2) is 9.54. The lowest BCUT2D eigenvalue weighted by Crippen LogP contribution is -2.30. The summed E-state index contributed by atoms with van der Waals surface area (Å²) in [6.45, 7) is 0. The number of benzene rings is 1. The van der Waals surface area contributed by atoms with Gasteiger partial charge in [0.15, 0.2) is 15.0 Å². The molecule has 0 spiro atoms. The first-order valence-electron chi connectivity index (χ1n) is 10.0. The number of amides is 1. The van der Waals surface area contributed by atoms with Crippen molar-refractivity contribution in [2.24, 2.45) is 13.0 Å². The zero-order chi connectivity index (χ0) is 21.8. The number of hydrogen-bond acceptors (Lipinski definition) is 7. The van der Waals surface area contributed by atoms with Crippen LogP contribution in [-0.4, -0.2) is 46.3 Å². The predicted molar refractivity (Wildman–Crippen MR) is 123 cm³/mol. The summed E-state index contributed by atoms with van der Waals surface area (Å²) in [5.41, 5.74) is 1.04. The molecule has 7 nitrogen and oxygen atoms in total. The topological polar surface area (TPSA) is 93.9 Å². The second-order valence-corrected chi connectivity index (χ2v) is 11.8. The zero-order valence-electron chi connectivity index (χ0n) is 17.1. The predicted octanol–water partition coefficient (Wildman–Crippen LogP) is 2.85. The van der Waals surface area contributed by atoms with Crippen molar-refractivity contribution in [1.29, 1.82) is 0 Å². The molecule has 1 aliphatic rings. The first-order valence-corrected chi connectivity index (χ1v) is 13.7. The molecule has 4 rings (SSSR count). The van der Waals surface area contributed by atoms with Gasteiger partial charge in [0.1, 0.15) is 5.82 Å². The van der Waals surface area contributed by atoms with Gasteiger partial charge in [0, 0.05) is 18.3 Å². The molecule has 31 heavy (non-hydrogen) atoms. The van der Waals surface area contributed by atoms with E-state index in [4.69, 9.17) is 0 Å². The molecule has 1 aliphatic heterocycles. The Kier molecular flexibility index (Phi) is 6.78. The van der Waals surface area contributed by atoms with E-state index in [1.165, 1.54) is 11.8 Å². The minimum Gasteiger partial charge on any atom is -0.344 e. The highest BCUT2D eigenvalue weighted by Gasteiger charge is 2.29. The third-order valence-corrected chi connectivity index (χ3v) is 9.12. The molecule has 1 aromatic carbocycles. The minimum absolute atomic E-state index is 0.0845. The Bertz CT molecular complexity index is 1130. The quantitative estimate of drug-likeness (QED) is 0.503. The summed E-state index contributed by atoms with van der Waals surface area (Å²) in [7, 11) is -1.05. The molecular formula is C21H24N4O3S3. The molecule has 0 aliphatic carbocycles. The molecule has 3 heterocycles. The highest BCUT2D eigenvalue weighted by atomic mass is 32.2. The lowest BCUT2D eigenvalue weighted by molar-refractivity contribution is -0.119. The van der Waals surface area contributed by atoms with Crippen LogP contribution in [0.2, 0.25) is 0 Å². The fourth-order valence-electron chi connectivity index (χ4n) is 3.69. The van der Waals surface area contributed by atoms with Crippen molar-refractivity contribution in [3.8, 4) is 0 Å². The van der Waals surface area contributed by atoms with Gasteiger partial charge in [-0.1, -0.05) is 48.2 Å². The molecule has 1 saturated heterocycles. The van der Waals surface area contributed by atoms with Crippen molar-refractivity contribution in [3.63, 3.8) is 0 Å². The van der Waals surface area contributed by atoms with E-state index in [1.807, 2.05) is 59.5 Å². The normalized spacial score (nSPS) is 18.7. The van der Waals surface area contributed by atoms with Crippen molar-refractivity contribution in [3.05, 3.63) is 64.1 Å². The van der Waals surface area contributed by atoms with Crippen LogP contribution < -0.4 is 5.32 Å². The fourth-order valence-corrected chi connectivity index (χ4v) is 7.10. The number of carbonyl (C=O) groups excluding carboxylic acids is 1. The molecule has 3 aromatic rings. The first-order chi connectivity index (χ1) is 14.9. The monoisotopic (exact) mass is 476 g/mol. The van der Waals surface area contributed by atoms with Gasteiger partial charge in [-0.25, -0.2) is 8.42 Å². The highest BCUT2D eigenvalue weighted by Crippen LogP contribution is 2.27. The van der Waals surface area contributed by atoms with Crippen LogP contribution in [0.15, 0.2) is 53.0 Å². The van der Waals surface area contributed by atoms with Gasteiger partial charge in [-0.05, 0) is 29.3 Å². The van der Waals surface area contributed by atoms with E-state index in [2.05, 4.69) is 15.5 Å². The molecular weight excluding hydrogens is 452 g/mol. The summed E-state index contributed by atoms with van der Waals surface area (Å²) in [5, 5.41) is 14.2. The third-order valence-electron chi connectivity index (χ3n) is 5.32. The Hall–Kier alpha value is -2.17. The number of carbonyl (C=O) groups is 1. The number of thioether (sulfide) groups is 1. The Morgan fingerprint density at radius 1 is 1.26 bits per heavy atom. The summed E-state index contributed by atoms with van der Waals surface area (Å²) in [6, 6.07) is 13.7. The minimum atomic E-state index is -2.91. The first kappa shape index (κ1) is 22.0. The molecule has 0 radical (unpaired) electrons. The van der Waals surface area contributed by atoms with Crippen LogP contribution in [0.5, 0.6) is 0 Å². The van der Waals surface area contributed by atoms with Crippen LogP contribution >= 0.6 is 23.1 Å². The Morgan fingerprint density at radius 2 is 2.06 bits per heavy atom. The van der Waals surface area contributed by atoms with Crippen molar-refractivity contribution in [1.82, 2.24) is 20.1 Å². The van der Waals surface area contributed by atoms with Crippen LogP contribution in [-0.2, 0) is 28.1 Å². The van der Waals surface area contributed by atoms with Gasteiger partial charge in [0.25, 0.3) is 0 Å². The summed E-state index contributed by atoms with van der Waals surface area (Å²) < 4.78 is 25.2. The maximum absolute atomic E-state index is 12.7. The standard InChI is InChI=1S/C21H24N4O3S3/c1-25-18(12-15-9-11-31(27,28)14-15)23-24-21(25)30-13-19(26)22-20(17-8-5-10-29-17)16-6-3-2-4-7-16/h2-8,10,15,20H,9,11-14H2,1H3,(H,22,26). The van der Waals surface area contributed by atoms with Crippen LogP contribution in [0, 0.1) is 5.92 Å². The van der Waals surface area contributed by atoms with Crippen LogP contribution in [0.3, 0.4) is 0 Å². The van der Waals surface area contributed by atoms with Crippen LogP contribution in [0.25, 0.3) is 0 Å². The van der Waals surface area contributed by atoms with E-state index >= 15 is 0 Å². The number of nitrogens with one attached hydrogen (secondary N) is 1. The molecule has 2 aromatic heterocycles. The Labute approximate surface area is 190 Å². The maximum Gasteiger partial charge on any atom is 0.231 e. The molecule has 2 unspecified atom stereocenters. The Balaban J connectivity index is 1.37. The molecule has 164 valence electrons. The van der Waals surface area contributed by atoms with E-state index < -0.39 is 9.84 Å². The van der Waals surface area contributed by atoms with Gasteiger partial charge in [-0.2, -0.15) is 0 Å². The maximum atomic E-state index is 12.7. The summed E-state index contributed by atoms with van der Waals surface area (Å²) in [4.78, 5) is 13.8. The van der Waals surface area contributed by atoms with E-state index in [1.54, 1.807) is 11.3 Å². The molecule has 1 N–H and O–H groups in total.